The molecule has 0 spiro atoms. The number of rotatable bonds is 3. The third-order valence-electron chi connectivity index (χ3n) is 2.24. The van der Waals surface area contributed by atoms with Gasteiger partial charge in [0.15, 0.2) is 0 Å². The normalized spacial score (nSPS) is 29.5. The second kappa shape index (κ2) is 4.51. The summed E-state index contributed by atoms with van der Waals surface area (Å²) in [4.78, 5) is 0. The van der Waals surface area contributed by atoms with Gasteiger partial charge in [-0.2, -0.15) is 13.2 Å². The molecule has 0 saturated heterocycles. The third kappa shape index (κ3) is 4.72. The number of hydrogen-bond donors (Lipinski definition) is 1. The Hall–Kier alpha value is 0.0400. The van der Waals surface area contributed by atoms with Gasteiger partial charge in [-0.15, -0.1) is 11.6 Å². The molecular formula is C8H13ClF3N. The Morgan fingerprint density at radius 2 is 2.00 bits per heavy atom. The van der Waals surface area contributed by atoms with Gasteiger partial charge in [0.1, 0.15) is 0 Å². The third-order valence-corrected chi connectivity index (χ3v) is 2.63. The molecule has 1 aliphatic carbocycles. The van der Waals surface area contributed by atoms with Crippen LogP contribution in [0.4, 0.5) is 13.2 Å². The van der Waals surface area contributed by atoms with Crippen molar-refractivity contribution in [3.63, 3.8) is 0 Å². The van der Waals surface area contributed by atoms with Gasteiger partial charge in [-0.05, 0) is 31.7 Å². The number of alkyl halides is 4. The van der Waals surface area contributed by atoms with Gasteiger partial charge in [0.05, 0.1) is 6.54 Å². The summed E-state index contributed by atoms with van der Waals surface area (Å²) in [5, 5.41) is 2.57. The first-order chi connectivity index (χ1) is 5.97. The van der Waals surface area contributed by atoms with Crippen molar-refractivity contribution >= 4 is 11.6 Å². The summed E-state index contributed by atoms with van der Waals surface area (Å²) in [7, 11) is 0. The van der Waals surface area contributed by atoms with E-state index in [1.54, 1.807) is 0 Å². The fraction of sp³-hybridized carbons (Fsp3) is 1.00. The lowest BCUT2D eigenvalue weighted by atomic mass is 10.1. The Balaban J connectivity index is 2.07. The van der Waals surface area contributed by atoms with E-state index in [1.807, 2.05) is 0 Å². The molecule has 0 aromatic heterocycles. The van der Waals surface area contributed by atoms with E-state index >= 15 is 0 Å². The van der Waals surface area contributed by atoms with E-state index in [1.165, 1.54) is 0 Å². The molecule has 0 aliphatic heterocycles. The van der Waals surface area contributed by atoms with E-state index in [-0.39, 0.29) is 5.38 Å². The van der Waals surface area contributed by atoms with Crippen molar-refractivity contribution in [3.05, 3.63) is 0 Å². The largest absolute Gasteiger partial charge is 0.401 e. The zero-order valence-electron chi connectivity index (χ0n) is 7.20. The standard InChI is InChI=1S/C8H13ClF3N/c9-7-2-1-6(3-7)4-13-5-8(10,11)12/h6-7,13H,1-5H2. The molecule has 5 heteroatoms. The maximum Gasteiger partial charge on any atom is 0.401 e. The maximum absolute atomic E-state index is 11.7. The van der Waals surface area contributed by atoms with Crippen LogP contribution < -0.4 is 5.32 Å². The molecule has 78 valence electrons. The van der Waals surface area contributed by atoms with Crippen molar-refractivity contribution in [1.82, 2.24) is 5.32 Å². The first-order valence-corrected chi connectivity index (χ1v) is 4.82. The minimum atomic E-state index is -4.10. The molecule has 0 amide bonds. The molecule has 1 nitrogen and oxygen atoms in total. The summed E-state index contributed by atoms with van der Waals surface area (Å²) in [5.74, 6) is 0.324. The van der Waals surface area contributed by atoms with Crippen molar-refractivity contribution in [1.29, 1.82) is 0 Å². The van der Waals surface area contributed by atoms with Gasteiger partial charge in [0, 0.05) is 5.38 Å². The van der Waals surface area contributed by atoms with E-state index in [0.29, 0.717) is 12.5 Å². The molecule has 2 atom stereocenters. The van der Waals surface area contributed by atoms with Crippen molar-refractivity contribution in [3.8, 4) is 0 Å². The fourth-order valence-corrected chi connectivity index (χ4v) is 2.00. The van der Waals surface area contributed by atoms with Crippen molar-refractivity contribution in [2.45, 2.75) is 30.8 Å². The summed E-state index contributed by atoms with van der Waals surface area (Å²) in [6.07, 6.45) is -1.38. The van der Waals surface area contributed by atoms with Crippen LogP contribution in [0.1, 0.15) is 19.3 Å². The van der Waals surface area contributed by atoms with Gasteiger partial charge in [0.25, 0.3) is 0 Å². The first kappa shape index (κ1) is 11.1. The van der Waals surface area contributed by atoms with Crippen LogP contribution in [0.3, 0.4) is 0 Å². The number of nitrogens with one attached hydrogen (secondary N) is 1. The Labute approximate surface area is 80.6 Å². The van der Waals surface area contributed by atoms with Gasteiger partial charge in [-0.25, -0.2) is 0 Å². The molecule has 1 aliphatic rings. The van der Waals surface area contributed by atoms with Crippen LogP contribution >= 0.6 is 11.6 Å². The number of halogens is 4. The average Bonchev–Trinajstić information content (AvgIpc) is 2.33. The first-order valence-electron chi connectivity index (χ1n) is 4.39. The summed E-state index contributed by atoms with van der Waals surface area (Å²) in [6.45, 7) is -0.459. The smallest absolute Gasteiger partial charge is 0.308 e. The highest BCUT2D eigenvalue weighted by atomic mass is 35.5. The predicted octanol–water partition coefficient (Wildman–Crippen LogP) is 2.55. The van der Waals surface area contributed by atoms with Crippen LogP contribution in [0.2, 0.25) is 0 Å². The highest BCUT2D eigenvalue weighted by molar-refractivity contribution is 6.20. The van der Waals surface area contributed by atoms with Gasteiger partial charge in [0.2, 0.25) is 0 Å². The Morgan fingerprint density at radius 1 is 1.31 bits per heavy atom. The lowest BCUT2D eigenvalue weighted by molar-refractivity contribution is -0.125. The van der Waals surface area contributed by atoms with Gasteiger partial charge in [-0.3, -0.25) is 0 Å². The molecule has 2 unspecified atom stereocenters. The summed E-state index contributed by atoms with van der Waals surface area (Å²) in [5.41, 5.74) is 0. The van der Waals surface area contributed by atoms with Gasteiger partial charge < -0.3 is 5.32 Å². The Bertz CT molecular complexity index is 160. The topological polar surface area (TPSA) is 12.0 Å². The summed E-state index contributed by atoms with van der Waals surface area (Å²) >= 11 is 5.83. The zero-order valence-corrected chi connectivity index (χ0v) is 7.96. The Morgan fingerprint density at radius 3 is 2.46 bits per heavy atom. The zero-order chi connectivity index (χ0) is 9.90. The van der Waals surface area contributed by atoms with Crippen LogP contribution in [0, 0.1) is 5.92 Å². The minimum absolute atomic E-state index is 0.165. The monoisotopic (exact) mass is 215 g/mol. The summed E-state index contributed by atoms with van der Waals surface area (Å²) < 4.78 is 35.2. The van der Waals surface area contributed by atoms with Crippen molar-refractivity contribution in [2.75, 3.05) is 13.1 Å². The molecule has 0 aromatic carbocycles. The molecule has 13 heavy (non-hydrogen) atoms. The molecule has 0 bridgehead atoms. The average molecular weight is 216 g/mol. The second-order valence-electron chi connectivity index (χ2n) is 3.52. The van der Waals surface area contributed by atoms with Gasteiger partial charge >= 0.3 is 6.18 Å². The van der Waals surface area contributed by atoms with Crippen molar-refractivity contribution < 1.29 is 13.2 Å². The molecule has 0 aromatic rings. The van der Waals surface area contributed by atoms with Crippen molar-refractivity contribution in [2.24, 2.45) is 5.92 Å². The van der Waals surface area contributed by atoms with E-state index in [4.69, 9.17) is 11.6 Å². The molecule has 1 saturated carbocycles. The quantitative estimate of drug-likeness (QED) is 0.714. The van der Waals surface area contributed by atoms with Crippen LogP contribution in [0.15, 0.2) is 0 Å². The lowest BCUT2D eigenvalue weighted by Gasteiger charge is -2.12. The van der Waals surface area contributed by atoms with E-state index < -0.39 is 12.7 Å². The molecule has 1 fully saturated rings. The van der Waals surface area contributed by atoms with E-state index in [0.717, 1.165) is 19.3 Å². The molecule has 1 rings (SSSR count). The van der Waals surface area contributed by atoms with Crippen LogP contribution in [0.25, 0.3) is 0 Å². The molecular weight excluding hydrogens is 203 g/mol. The lowest BCUT2D eigenvalue weighted by Crippen LogP contribution is -2.32. The number of hydrogen-bond acceptors (Lipinski definition) is 1. The van der Waals surface area contributed by atoms with Crippen LogP contribution in [0.5, 0.6) is 0 Å². The highest BCUT2D eigenvalue weighted by Gasteiger charge is 2.28. The molecule has 0 radical (unpaired) electrons. The highest BCUT2D eigenvalue weighted by Crippen LogP contribution is 2.28. The molecule has 1 N–H and O–H groups in total. The minimum Gasteiger partial charge on any atom is -0.308 e. The SMILES string of the molecule is FC(F)(F)CNCC1CCC(Cl)C1. The second-order valence-corrected chi connectivity index (χ2v) is 4.14. The maximum atomic E-state index is 11.7. The molecule has 0 heterocycles. The van der Waals surface area contributed by atoms with E-state index in [2.05, 4.69) is 5.32 Å². The fourth-order valence-electron chi connectivity index (χ4n) is 1.62. The Kier molecular flexibility index (Phi) is 3.86. The predicted molar refractivity (Wildman–Crippen MR) is 45.9 cm³/mol. The van der Waals surface area contributed by atoms with E-state index in [9.17, 15) is 13.2 Å². The van der Waals surface area contributed by atoms with Crippen LogP contribution in [-0.2, 0) is 0 Å². The summed E-state index contributed by atoms with van der Waals surface area (Å²) in [6, 6.07) is 0. The van der Waals surface area contributed by atoms with Gasteiger partial charge in [-0.1, -0.05) is 0 Å². The van der Waals surface area contributed by atoms with Crippen LogP contribution in [-0.4, -0.2) is 24.6 Å².